The van der Waals surface area contributed by atoms with E-state index in [-0.39, 0.29) is 22.9 Å². The van der Waals surface area contributed by atoms with Gasteiger partial charge in [0.1, 0.15) is 5.15 Å². The molecular formula is C11H15ClN2O3. The van der Waals surface area contributed by atoms with E-state index in [9.17, 15) is 9.59 Å². The molecule has 0 aliphatic carbocycles. The van der Waals surface area contributed by atoms with Gasteiger partial charge >= 0.3 is 5.69 Å². The van der Waals surface area contributed by atoms with E-state index in [1.165, 1.54) is 4.57 Å². The minimum Gasteiger partial charge on any atom is -0.376 e. The Morgan fingerprint density at radius 1 is 1.53 bits per heavy atom. The molecule has 0 bridgehead atoms. The average molecular weight is 259 g/mol. The second-order valence-electron chi connectivity index (χ2n) is 4.34. The van der Waals surface area contributed by atoms with Gasteiger partial charge in [0.25, 0.3) is 5.56 Å². The molecule has 1 fully saturated rings. The Balaban J connectivity index is 2.48. The first-order valence-electron chi connectivity index (χ1n) is 5.65. The lowest BCUT2D eigenvalue weighted by atomic mass is 10.1. The predicted molar refractivity (Wildman–Crippen MR) is 64.8 cm³/mol. The summed E-state index contributed by atoms with van der Waals surface area (Å²) < 4.78 is 6.70. The van der Waals surface area contributed by atoms with Crippen LogP contribution in [0, 0.1) is 6.92 Å². The molecule has 0 aromatic carbocycles. The zero-order valence-corrected chi connectivity index (χ0v) is 10.6. The van der Waals surface area contributed by atoms with Gasteiger partial charge in [-0.25, -0.2) is 4.79 Å². The van der Waals surface area contributed by atoms with Gasteiger partial charge in [0.2, 0.25) is 0 Å². The molecular weight excluding hydrogens is 244 g/mol. The summed E-state index contributed by atoms with van der Waals surface area (Å²) in [6, 6.07) is -0.273. The van der Waals surface area contributed by atoms with Crippen molar-refractivity contribution in [3.8, 4) is 0 Å². The van der Waals surface area contributed by atoms with Gasteiger partial charge in [0.05, 0.1) is 12.1 Å². The van der Waals surface area contributed by atoms with Gasteiger partial charge in [-0.15, -0.1) is 0 Å². The maximum absolute atomic E-state index is 12.0. The molecule has 94 valence electrons. The topological polar surface area (TPSA) is 64.1 Å². The molecule has 2 unspecified atom stereocenters. The van der Waals surface area contributed by atoms with E-state index in [1.54, 1.807) is 6.92 Å². The molecule has 0 saturated carbocycles. The summed E-state index contributed by atoms with van der Waals surface area (Å²) >= 11 is 5.76. The quantitative estimate of drug-likeness (QED) is 0.812. The second kappa shape index (κ2) is 4.66. The molecule has 17 heavy (non-hydrogen) atoms. The third-order valence-electron chi connectivity index (χ3n) is 3.21. The minimum atomic E-state index is -0.478. The van der Waals surface area contributed by atoms with Gasteiger partial charge in [-0.05, 0) is 26.7 Å². The van der Waals surface area contributed by atoms with E-state index in [0.29, 0.717) is 12.2 Å². The lowest BCUT2D eigenvalue weighted by Crippen LogP contribution is -2.42. The first-order valence-corrected chi connectivity index (χ1v) is 6.02. The highest BCUT2D eigenvalue weighted by Gasteiger charge is 2.26. The van der Waals surface area contributed by atoms with Crippen LogP contribution in [0.1, 0.15) is 31.4 Å². The number of ether oxygens (including phenoxy) is 1. The molecule has 1 aromatic rings. The minimum absolute atomic E-state index is 0.0747. The van der Waals surface area contributed by atoms with Crippen molar-refractivity contribution >= 4 is 11.6 Å². The number of aromatic nitrogens is 2. The number of hydrogen-bond donors (Lipinski definition) is 1. The summed E-state index contributed by atoms with van der Waals surface area (Å²) in [7, 11) is 0. The van der Waals surface area contributed by atoms with Crippen molar-refractivity contribution < 1.29 is 4.74 Å². The first-order chi connectivity index (χ1) is 8.02. The van der Waals surface area contributed by atoms with Crippen LogP contribution in [-0.2, 0) is 4.74 Å². The Hall–Kier alpha value is -1.07. The molecule has 1 aliphatic rings. The van der Waals surface area contributed by atoms with Crippen LogP contribution in [0.2, 0.25) is 5.15 Å². The van der Waals surface area contributed by atoms with Gasteiger partial charge in [0.15, 0.2) is 0 Å². The molecule has 6 heteroatoms. The summed E-state index contributed by atoms with van der Waals surface area (Å²) in [5.74, 6) is 0. The molecule has 0 spiro atoms. The number of aromatic amines is 1. The smallest absolute Gasteiger partial charge is 0.329 e. The van der Waals surface area contributed by atoms with Crippen LogP contribution in [0.5, 0.6) is 0 Å². The Morgan fingerprint density at radius 3 is 2.82 bits per heavy atom. The molecule has 1 saturated heterocycles. The number of H-pyrrole nitrogens is 1. The number of hydrogen-bond acceptors (Lipinski definition) is 3. The van der Waals surface area contributed by atoms with Crippen LogP contribution in [-0.4, -0.2) is 22.3 Å². The average Bonchev–Trinajstić information content (AvgIpc) is 2.79. The van der Waals surface area contributed by atoms with Crippen molar-refractivity contribution in [2.24, 2.45) is 0 Å². The molecule has 0 radical (unpaired) electrons. The van der Waals surface area contributed by atoms with Crippen molar-refractivity contribution in [2.45, 2.75) is 38.8 Å². The van der Waals surface area contributed by atoms with Crippen molar-refractivity contribution in [2.75, 3.05) is 6.61 Å². The molecule has 2 atom stereocenters. The Morgan fingerprint density at radius 2 is 2.24 bits per heavy atom. The molecule has 1 aliphatic heterocycles. The molecule has 1 N–H and O–H groups in total. The van der Waals surface area contributed by atoms with Gasteiger partial charge in [-0.3, -0.25) is 14.3 Å². The van der Waals surface area contributed by atoms with Crippen molar-refractivity contribution in [3.63, 3.8) is 0 Å². The monoisotopic (exact) mass is 258 g/mol. The van der Waals surface area contributed by atoms with Crippen LogP contribution in [0.4, 0.5) is 0 Å². The maximum Gasteiger partial charge on any atom is 0.329 e. The van der Waals surface area contributed by atoms with Crippen LogP contribution >= 0.6 is 11.6 Å². The van der Waals surface area contributed by atoms with Crippen molar-refractivity contribution in [3.05, 3.63) is 31.6 Å². The number of halogens is 1. The van der Waals surface area contributed by atoms with Crippen LogP contribution in [0.25, 0.3) is 0 Å². The highest BCUT2D eigenvalue weighted by molar-refractivity contribution is 6.30. The summed E-state index contributed by atoms with van der Waals surface area (Å²) in [4.78, 5) is 26.3. The zero-order chi connectivity index (χ0) is 12.6. The van der Waals surface area contributed by atoms with E-state index in [4.69, 9.17) is 16.3 Å². The maximum atomic E-state index is 12.0. The molecule has 5 nitrogen and oxygen atoms in total. The summed E-state index contributed by atoms with van der Waals surface area (Å²) in [6.45, 7) is 4.10. The largest absolute Gasteiger partial charge is 0.376 e. The van der Waals surface area contributed by atoms with Gasteiger partial charge in [-0.1, -0.05) is 11.6 Å². The second-order valence-corrected chi connectivity index (χ2v) is 4.71. The van der Waals surface area contributed by atoms with E-state index in [1.807, 2.05) is 6.92 Å². The van der Waals surface area contributed by atoms with Gasteiger partial charge < -0.3 is 4.74 Å². The molecule has 2 rings (SSSR count). The number of rotatable bonds is 2. The number of nitrogens with zero attached hydrogens (tertiary/aromatic N) is 1. The third kappa shape index (κ3) is 2.17. The molecule has 1 aromatic heterocycles. The zero-order valence-electron chi connectivity index (χ0n) is 9.83. The van der Waals surface area contributed by atoms with Crippen molar-refractivity contribution in [1.82, 2.24) is 9.55 Å². The molecule has 2 heterocycles. The predicted octanol–water partition coefficient (Wildman–Crippen LogP) is 1.24. The van der Waals surface area contributed by atoms with Crippen LogP contribution < -0.4 is 11.2 Å². The van der Waals surface area contributed by atoms with E-state index >= 15 is 0 Å². The van der Waals surface area contributed by atoms with Gasteiger partial charge in [-0.2, -0.15) is 0 Å². The Bertz CT molecular complexity index is 528. The van der Waals surface area contributed by atoms with Crippen LogP contribution in [0.3, 0.4) is 0 Å². The Kier molecular flexibility index (Phi) is 3.40. The molecule has 0 amide bonds. The fourth-order valence-corrected chi connectivity index (χ4v) is 2.30. The highest BCUT2D eigenvalue weighted by atomic mass is 35.5. The van der Waals surface area contributed by atoms with Gasteiger partial charge in [0, 0.05) is 12.2 Å². The summed E-state index contributed by atoms with van der Waals surface area (Å²) in [5.41, 5.74) is -0.466. The lowest BCUT2D eigenvalue weighted by molar-refractivity contribution is 0.0705. The summed E-state index contributed by atoms with van der Waals surface area (Å²) in [6.07, 6.45) is 1.76. The first kappa shape index (κ1) is 12.4. The lowest BCUT2D eigenvalue weighted by Gasteiger charge is -2.20. The standard InChI is InChI=1S/C11H15ClN2O3/c1-6-9(12)13-11(16)14(10(6)15)7(2)8-4-3-5-17-8/h7-8H,3-5H2,1-2H3,(H,13,16). The van der Waals surface area contributed by atoms with E-state index in [0.717, 1.165) is 12.8 Å². The summed E-state index contributed by atoms with van der Waals surface area (Å²) in [5, 5.41) is 0.107. The third-order valence-corrected chi connectivity index (χ3v) is 3.59. The van der Waals surface area contributed by atoms with Crippen molar-refractivity contribution in [1.29, 1.82) is 0 Å². The highest BCUT2D eigenvalue weighted by Crippen LogP contribution is 2.22. The normalized spacial score (nSPS) is 21.7. The fourth-order valence-electron chi connectivity index (χ4n) is 2.13. The van der Waals surface area contributed by atoms with E-state index < -0.39 is 5.69 Å². The fraction of sp³-hybridized carbons (Fsp3) is 0.636. The SMILES string of the molecule is Cc1c(Cl)[nH]c(=O)n(C(C)C2CCCO2)c1=O. The van der Waals surface area contributed by atoms with Crippen LogP contribution in [0.15, 0.2) is 9.59 Å². The Labute approximate surface area is 103 Å². The van der Waals surface area contributed by atoms with E-state index in [2.05, 4.69) is 4.98 Å². The number of nitrogens with one attached hydrogen (secondary N) is 1.